The van der Waals surface area contributed by atoms with Gasteiger partial charge in [0.05, 0.1) is 19.3 Å². The molecule has 3 heterocycles. The van der Waals surface area contributed by atoms with Crippen LogP contribution in [0.2, 0.25) is 0 Å². The first kappa shape index (κ1) is 24.1. The van der Waals surface area contributed by atoms with Crippen molar-refractivity contribution in [1.29, 1.82) is 0 Å². The number of halogens is 1. The van der Waals surface area contributed by atoms with Crippen molar-refractivity contribution in [3.8, 4) is 0 Å². The molecule has 0 spiro atoms. The standard InChI is InChI=1S/C21H35N5O2.HI/c1-2-22-21(24-9-6-13-28-19-8-14-27-17-19)25-16-18-7-10-23-20(15-18)26-11-4-3-5-12-26;/h7,10,15,19H,2-6,8-9,11-14,16-17H2,1H3,(H2,22,24,25);1H. The number of nitrogens with one attached hydrogen (secondary N) is 2. The van der Waals surface area contributed by atoms with Crippen molar-refractivity contribution >= 4 is 35.8 Å². The molecule has 0 radical (unpaired) electrons. The Balaban J connectivity index is 0.00000300. The zero-order chi connectivity index (χ0) is 19.4. The van der Waals surface area contributed by atoms with Gasteiger partial charge in [-0.3, -0.25) is 0 Å². The summed E-state index contributed by atoms with van der Waals surface area (Å²) in [5.41, 5.74) is 1.19. The molecule has 2 aliphatic heterocycles. The second-order valence-electron chi connectivity index (χ2n) is 7.40. The average molecular weight is 517 g/mol. The largest absolute Gasteiger partial charge is 0.379 e. The number of aliphatic imine (C=N–C) groups is 1. The molecule has 29 heavy (non-hydrogen) atoms. The predicted molar refractivity (Wildman–Crippen MR) is 128 cm³/mol. The molecule has 2 aliphatic rings. The molecule has 2 N–H and O–H groups in total. The first-order chi connectivity index (χ1) is 13.8. The summed E-state index contributed by atoms with van der Waals surface area (Å²) in [6.07, 6.45) is 8.00. The Labute approximate surface area is 192 Å². The van der Waals surface area contributed by atoms with Crippen LogP contribution in [-0.4, -0.2) is 63.0 Å². The van der Waals surface area contributed by atoms with E-state index in [4.69, 9.17) is 14.5 Å². The minimum atomic E-state index is 0. The van der Waals surface area contributed by atoms with Gasteiger partial charge in [-0.1, -0.05) is 0 Å². The summed E-state index contributed by atoms with van der Waals surface area (Å²) in [5, 5.41) is 6.71. The highest BCUT2D eigenvalue weighted by Gasteiger charge is 2.15. The van der Waals surface area contributed by atoms with Crippen LogP contribution < -0.4 is 15.5 Å². The molecule has 8 heteroatoms. The summed E-state index contributed by atoms with van der Waals surface area (Å²) < 4.78 is 11.1. The molecule has 0 amide bonds. The number of ether oxygens (including phenoxy) is 2. The van der Waals surface area contributed by atoms with E-state index in [0.29, 0.717) is 6.54 Å². The van der Waals surface area contributed by atoms with Gasteiger partial charge in [-0.25, -0.2) is 9.98 Å². The van der Waals surface area contributed by atoms with Gasteiger partial charge in [0, 0.05) is 45.6 Å². The molecule has 0 saturated carbocycles. The van der Waals surface area contributed by atoms with Crippen molar-refractivity contribution in [2.45, 2.75) is 51.7 Å². The second-order valence-corrected chi connectivity index (χ2v) is 7.40. The number of hydrogen-bond donors (Lipinski definition) is 2. The van der Waals surface area contributed by atoms with E-state index in [-0.39, 0.29) is 30.1 Å². The van der Waals surface area contributed by atoms with E-state index in [1.54, 1.807) is 0 Å². The van der Waals surface area contributed by atoms with Gasteiger partial charge in [-0.15, -0.1) is 24.0 Å². The molecule has 164 valence electrons. The minimum Gasteiger partial charge on any atom is -0.379 e. The molecule has 3 rings (SSSR count). The molecule has 7 nitrogen and oxygen atoms in total. The fraction of sp³-hybridized carbons (Fsp3) is 0.714. The highest BCUT2D eigenvalue weighted by atomic mass is 127. The van der Waals surface area contributed by atoms with Crippen LogP contribution in [0.5, 0.6) is 0 Å². The Morgan fingerprint density at radius 3 is 2.93 bits per heavy atom. The van der Waals surface area contributed by atoms with E-state index in [0.717, 1.165) is 70.6 Å². The van der Waals surface area contributed by atoms with Crippen LogP contribution in [0.15, 0.2) is 23.3 Å². The van der Waals surface area contributed by atoms with Crippen LogP contribution in [0.3, 0.4) is 0 Å². The van der Waals surface area contributed by atoms with Crippen LogP contribution in [0.25, 0.3) is 0 Å². The Kier molecular flexibility index (Phi) is 11.6. The number of piperidine rings is 1. The molecule has 1 aromatic heterocycles. The first-order valence-corrected chi connectivity index (χ1v) is 10.8. The average Bonchev–Trinajstić information content (AvgIpc) is 3.26. The fourth-order valence-electron chi connectivity index (χ4n) is 3.54. The highest BCUT2D eigenvalue weighted by molar-refractivity contribution is 14.0. The van der Waals surface area contributed by atoms with E-state index in [1.165, 1.54) is 24.8 Å². The predicted octanol–water partition coefficient (Wildman–Crippen LogP) is 2.94. The lowest BCUT2D eigenvalue weighted by Crippen LogP contribution is -2.38. The number of aromatic nitrogens is 1. The summed E-state index contributed by atoms with van der Waals surface area (Å²) in [4.78, 5) is 11.7. The highest BCUT2D eigenvalue weighted by Crippen LogP contribution is 2.18. The van der Waals surface area contributed by atoms with Crippen LogP contribution in [0.4, 0.5) is 5.82 Å². The van der Waals surface area contributed by atoms with Gasteiger partial charge in [0.2, 0.25) is 0 Å². The normalized spacial score (nSPS) is 19.7. The quantitative estimate of drug-likeness (QED) is 0.227. The maximum Gasteiger partial charge on any atom is 0.191 e. The Hall–Kier alpha value is -1.13. The van der Waals surface area contributed by atoms with Gasteiger partial charge in [0.1, 0.15) is 5.82 Å². The van der Waals surface area contributed by atoms with Gasteiger partial charge >= 0.3 is 0 Å². The molecular formula is C21H36IN5O2. The maximum absolute atomic E-state index is 5.81. The smallest absolute Gasteiger partial charge is 0.191 e. The zero-order valence-corrected chi connectivity index (χ0v) is 19.9. The third-order valence-electron chi connectivity index (χ3n) is 5.11. The summed E-state index contributed by atoms with van der Waals surface area (Å²) in [7, 11) is 0. The van der Waals surface area contributed by atoms with E-state index in [1.807, 2.05) is 6.20 Å². The van der Waals surface area contributed by atoms with Gasteiger partial charge in [0.25, 0.3) is 0 Å². The SMILES string of the molecule is CCNC(=NCc1ccnc(N2CCCCC2)c1)NCCCOC1CCOC1.I. The van der Waals surface area contributed by atoms with Crippen LogP contribution in [-0.2, 0) is 16.0 Å². The number of rotatable bonds is 9. The van der Waals surface area contributed by atoms with E-state index < -0.39 is 0 Å². The molecule has 0 bridgehead atoms. The van der Waals surface area contributed by atoms with E-state index >= 15 is 0 Å². The third kappa shape index (κ3) is 8.64. The molecule has 0 aromatic carbocycles. The zero-order valence-electron chi connectivity index (χ0n) is 17.6. The molecular weight excluding hydrogens is 481 g/mol. The molecule has 1 unspecified atom stereocenters. The van der Waals surface area contributed by atoms with Crippen molar-refractivity contribution < 1.29 is 9.47 Å². The van der Waals surface area contributed by atoms with Crippen molar-refractivity contribution in [2.75, 3.05) is 50.9 Å². The van der Waals surface area contributed by atoms with Crippen LogP contribution in [0.1, 0.15) is 44.6 Å². The lowest BCUT2D eigenvalue weighted by Gasteiger charge is -2.27. The maximum atomic E-state index is 5.81. The summed E-state index contributed by atoms with van der Waals surface area (Å²) in [6.45, 7) is 8.96. The number of anilines is 1. The fourth-order valence-corrected chi connectivity index (χ4v) is 3.54. The van der Waals surface area contributed by atoms with Gasteiger partial charge in [0.15, 0.2) is 5.96 Å². The number of hydrogen-bond acceptors (Lipinski definition) is 5. The molecule has 0 aliphatic carbocycles. The van der Waals surface area contributed by atoms with Crippen molar-refractivity contribution in [3.05, 3.63) is 23.9 Å². The molecule has 1 atom stereocenters. The van der Waals surface area contributed by atoms with Crippen molar-refractivity contribution in [1.82, 2.24) is 15.6 Å². The Bertz CT molecular complexity index is 604. The second kappa shape index (κ2) is 14.0. The lowest BCUT2D eigenvalue weighted by molar-refractivity contribution is 0.0420. The molecule has 1 aromatic rings. The topological polar surface area (TPSA) is 71.0 Å². The lowest BCUT2D eigenvalue weighted by atomic mass is 10.1. The van der Waals surface area contributed by atoms with E-state index in [9.17, 15) is 0 Å². The van der Waals surface area contributed by atoms with Crippen molar-refractivity contribution in [2.24, 2.45) is 4.99 Å². The Morgan fingerprint density at radius 1 is 1.31 bits per heavy atom. The van der Waals surface area contributed by atoms with Crippen molar-refractivity contribution in [3.63, 3.8) is 0 Å². The number of pyridine rings is 1. The molecule has 2 fully saturated rings. The monoisotopic (exact) mass is 517 g/mol. The third-order valence-corrected chi connectivity index (χ3v) is 5.11. The summed E-state index contributed by atoms with van der Waals surface area (Å²) in [5.74, 6) is 1.93. The van der Waals surface area contributed by atoms with Crippen LogP contribution in [0, 0.1) is 0 Å². The molecule has 2 saturated heterocycles. The Morgan fingerprint density at radius 2 is 2.17 bits per heavy atom. The van der Waals surface area contributed by atoms with Gasteiger partial charge in [-0.05, 0) is 56.7 Å². The van der Waals surface area contributed by atoms with Gasteiger partial charge < -0.3 is 25.0 Å². The number of nitrogens with zero attached hydrogens (tertiary/aromatic N) is 3. The van der Waals surface area contributed by atoms with Gasteiger partial charge in [-0.2, -0.15) is 0 Å². The first-order valence-electron chi connectivity index (χ1n) is 10.8. The summed E-state index contributed by atoms with van der Waals surface area (Å²) >= 11 is 0. The van der Waals surface area contributed by atoms with Crippen LogP contribution >= 0.6 is 24.0 Å². The minimum absolute atomic E-state index is 0. The summed E-state index contributed by atoms with van der Waals surface area (Å²) in [6, 6.07) is 4.23. The van der Waals surface area contributed by atoms with E-state index in [2.05, 4.69) is 39.6 Å². The number of guanidine groups is 1.